The van der Waals surface area contributed by atoms with Gasteiger partial charge in [0, 0.05) is 16.9 Å². The second-order valence-corrected chi connectivity index (χ2v) is 6.79. The standard InChI is InChI=1S/C14H11BrClF3N4O/c15-8-2-3-10(20-6-8)21-12(24)13(4-1-5-13)23-7-9(16)11(22-23)14(17,18)19/h2-3,6-7H,1,4-5H2,(H,20,21,24). The Morgan fingerprint density at radius 3 is 2.54 bits per heavy atom. The van der Waals surface area contributed by atoms with Crippen molar-refractivity contribution in [2.45, 2.75) is 31.0 Å². The average Bonchev–Trinajstić information content (AvgIpc) is 2.82. The third kappa shape index (κ3) is 3.02. The number of hydrogen-bond donors (Lipinski definition) is 1. The van der Waals surface area contributed by atoms with Crippen LogP contribution in [-0.2, 0) is 16.5 Å². The smallest absolute Gasteiger partial charge is 0.309 e. The van der Waals surface area contributed by atoms with Crippen molar-refractivity contribution in [2.24, 2.45) is 0 Å². The van der Waals surface area contributed by atoms with Gasteiger partial charge in [-0.3, -0.25) is 9.48 Å². The molecule has 128 valence electrons. The van der Waals surface area contributed by atoms with Crippen molar-refractivity contribution < 1.29 is 18.0 Å². The highest BCUT2D eigenvalue weighted by Crippen LogP contribution is 2.42. The first-order valence-corrected chi connectivity index (χ1v) is 8.15. The fraction of sp³-hybridized carbons (Fsp3) is 0.357. The van der Waals surface area contributed by atoms with E-state index in [1.54, 1.807) is 12.1 Å². The maximum absolute atomic E-state index is 12.9. The molecule has 1 aliphatic rings. The zero-order chi connectivity index (χ0) is 17.5. The van der Waals surface area contributed by atoms with E-state index in [-0.39, 0.29) is 0 Å². The number of carbonyl (C=O) groups is 1. The molecule has 2 heterocycles. The normalized spacial score (nSPS) is 16.5. The molecule has 1 aliphatic carbocycles. The number of hydrogen-bond acceptors (Lipinski definition) is 3. The average molecular weight is 424 g/mol. The van der Waals surface area contributed by atoms with E-state index in [9.17, 15) is 18.0 Å². The summed E-state index contributed by atoms with van der Waals surface area (Å²) in [7, 11) is 0. The van der Waals surface area contributed by atoms with Crippen LogP contribution >= 0.6 is 27.5 Å². The highest BCUT2D eigenvalue weighted by atomic mass is 79.9. The van der Waals surface area contributed by atoms with Crippen LogP contribution in [0, 0.1) is 0 Å². The van der Waals surface area contributed by atoms with E-state index >= 15 is 0 Å². The Bertz CT molecular complexity index is 771. The molecular weight excluding hydrogens is 413 g/mol. The van der Waals surface area contributed by atoms with E-state index in [0.29, 0.717) is 25.1 Å². The number of amides is 1. The lowest BCUT2D eigenvalue weighted by atomic mass is 9.76. The van der Waals surface area contributed by atoms with Crippen LogP contribution in [0.25, 0.3) is 0 Å². The summed E-state index contributed by atoms with van der Waals surface area (Å²) in [4.78, 5) is 16.7. The molecule has 5 nitrogen and oxygen atoms in total. The molecule has 0 radical (unpaired) electrons. The molecule has 2 aromatic rings. The van der Waals surface area contributed by atoms with Gasteiger partial charge in [-0.25, -0.2) is 4.98 Å². The van der Waals surface area contributed by atoms with E-state index in [4.69, 9.17) is 11.6 Å². The number of nitrogens with one attached hydrogen (secondary N) is 1. The molecule has 0 spiro atoms. The molecule has 0 bridgehead atoms. The lowest BCUT2D eigenvalue weighted by Crippen LogP contribution is -2.51. The lowest BCUT2D eigenvalue weighted by molar-refractivity contribution is -0.143. The zero-order valence-corrected chi connectivity index (χ0v) is 14.4. The molecule has 1 fully saturated rings. The zero-order valence-electron chi connectivity index (χ0n) is 12.1. The summed E-state index contributed by atoms with van der Waals surface area (Å²) in [5.41, 5.74) is -2.37. The minimum Gasteiger partial charge on any atom is -0.309 e. The number of aromatic nitrogens is 3. The van der Waals surface area contributed by atoms with Gasteiger partial charge in [-0.15, -0.1) is 0 Å². The van der Waals surface area contributed by atoms with E-state index < -0.39 is 28.3 Å². The Balaban J connectivity index is 1.89. The molecule has 0 unspecified atom stereocenters. The van der Waals surface area contributed by atoms with Gasteiger partial charge >= 0.3 is 6.18 Å². The van der Waals surface area contributed by atoms with E-state index in [2.05, 4.69) is 31.3 Å². The van der Waals surface area contributed by atoms with Crippen LogP contribution in [0.5, 0.6) is 0 Å². The number of halogens is 5. The van der Waals surface area contributed by atoms with Gasteiger partial charge in [-0.2, -0.15) is 18.3 Å². The van der Waals surface area contributed by atoms with Crippen molar-refractivity contribution in [3.05, 3.63) is 39.7 Å². The highest BCUT2D eigenvalue weighted by Gasteiger charge is 2.49. The summed E-state index contributed by atoms with van der Waals surface area (Å²) in [6, 6.07) is 3.29. The summed E-state index contributed by atoms with van der Waals surface area (Å²) >= 11 is 8.88. The maximum atomic E-state index is 12.9. The Labute approximate surface area is 148 Å². The number of pyridine rings is 1. The van der Waals surface area contributed by atoms with Crippen molar-refractivity contribution in [1.82, 2.24) is 14.8 Å². The number of nitrogens with zero attached hydrogens (tertiary/aromatic N) is 3. The largest absolute Gasteiger partial charge is 0.436 e. The van der Waals surface area contributed by atoms with Crippen molar-refractivity contribution in [1.29, 1.82) is 0 Å². The fourth-order valence-corrected chi connectivity index (χ4v) is 2.99. The molecule has 0 aliphatic heterocycles. The summed E-state index contributed by atoms with van der Waals surface area (Å²) in [6.07, 6.45) is -0.639. The molecule has 0 aromatic carbocycles. The third-order valence-electron chi connectivity index (χ3n) is 3.95. The van der Waals surface area contributed by atoms with Gasteiger partial charge in [-0.1, -0.05) is 11.6 Å². The first-order chi connectivity index (χ1) is 11.2. The summed E-state index contributed by atoms with van der Waals surface area (Å²) in [5, 5.41) is 5.62. The number of rotatable bonds is 3. The van der Waals surface area contributed by atoms with E-state index in [1.165, 1.54) is 6.20 Å². The number of carbonyl (C=O) groups excluding carboxylic acids is 1. The molecule has 10 heteroatoms. The van der Waals surface area contributed by atoms with Gasteiger partial charge in [0.15, 0.2) is 5.69 Å². The van der Waals surface area contributed by atoms with E-state index in [0.717, 1.165) is 15.4 Å². The highest BCUT2D eigenvalue weighted by molar-refractivity contribution is 9.10. The van der Waals surface area contributed by atoms with Crippen LogP contribution in [-0.4, -0.2) is 20.7 Å². The molecule has 24 heavy (non-hydrogen) atoms. The van der Waals surface area contributed by atoms with Gasteiger partial charge in [-0.05, 0) is 47.3 Å². The Morgan fingerprint density at radius 1 is 1.38 bits per heavy atom. The number of alkyl halides is 3. The van der Waals surface area contributed by atoms with Gasteiger partial charge in [0.05, 0.1) is 5.02 Å². The van der Waals surface area contributed by atoms with Gasteiger partial charge in [0.25, 0.3) is 5.91 Å². The van der Waals surface area contributed by atoms with Gasteiger partial charge in [0.2, 0.25) is 0 Å². The molecule has 2 aromatic heterocycles. The summed E-state index contributed by atoms with van der Waals surface area (Å²) in [5.74, 6) is -0.153. The van der Waals surface area contributed by atoms with Gasteiger partial charge < -0.3 is 5.32 Å². The number of anilines is 1. The monoisotopic (exact) mass is 422 g/mol. The van der Waals surface area contributed by atoms with Crippen molar-refractivity contribution >= 4 is 39.3 Å². The molecule has 1 amide bonds. The van der Waals surface area contributed by atoms with Crippen molar-refractivity contribution in [3.8, 4) is 0 Å². The fourth-order valence-electron chi connectivity index (χ4n) is 2.52. The SMILES string of the molecule is O=C(Nc1ccc(Br)cn1)C1(n2cc(Cl)c(C(F)(F)F)n2)CCC1. The van der Waals surface area contributed by atoms with Crippen LogP contribution in [0.2, 0.25) is 5.02 Å². The Hall–Kier alpha value is -1.61. The van der Waals surface area contributed by atoms with Crippen LogP contribution in [0.15, 0.2) is 29.0 Å². The third-order valence-corrected chi connectivity index (χ3v) is 4.69. The Morgan fingerprint density at radius 2 is 2.08 bits per heavy atom. The van der Waals surface area contributed by atoms with E-state index in [1.807, 2.05) is 0 Å². The summed E-state index contributed by atoms with van der Waals surface area (Å²) in [6.45, 7) is 0. The van der Waals surface area contributed by atoms with Crippen molar-refractivity contribution in [2.75, 3.05) is 5.32 Å². The second kappa shape index (κ2) is 6.03. The summed E-state index contributed by atoms with van der Waals surface area (Å²) < 4.78 is 40.4. The molecule has 0 atom stereocenters. The molecule has 1 saturated carbocycles. The van der Waals surface area contributed by atoms with Crippen LogP contribution in [0.1, 0.15) is 25.0 Å². The Kier molecular flexibility index (Phi) is 4.33. The van der Waals surface area contributed by atoms with Crippen LogP contribution in [0.3, 0.4) is 0 Å². The quantitative estimate of drug-likeness (QED) is 0.804. The van der Waals surface area contributed by atoms with Crippen LogP contribution < -0.4 is 5.32 Å². The molecule has 1 N–H and O–H groups in total. The molecule has 0 saturated heterocycles. The first-order valence-electron chi connectivity index (χ1n) is 6.98. The first kappa shape index (κ1) is 17.2. The predicted octanol–water partition coefficient (Wildman–Crippen LogP) is 4.23. The lowest BCUT2D eigenvalue weighted by Gasteiger charge is -2.40. The predicted molar refractivity (Wildman–Crippen MR) is 84.6 cm³/mol. The second-order valence-electron chi connectivity index (χ2n) is 5.47. The van der Waals surface area contributed by atoms with Gasteiger partial charge in [0.1, 0.15) is 11.4 Å². The molecule has 3 rings (SSSR count). The van der Waals surface area contributed by atoms with Crippen molar-refractivity contribution in [3.63, 3.8) is 0 Å². The minimum absolute atomic E-state index is 0.309. The maximum Gasteiger partial charge on any atom is 0.436 e. The topological polar surface area (TPSA) is 59.8 Å². The van der Waals surface area contributed by atoms with Crippen LogP contribution in [0.4, 0.5) is 19.0 Å². The molecular formula is C14H11BrClF3N4O. The minimum atomic E-state index is -4.67.